The lowest BCUT2D eigenvalue weighted by Gasteiger charge is -2.17. The molecule has 0 saturated heterocycles. The zero-order valence-corrected chi connectivity index (χ0v) is 11.1. The molecule has 0 fully saturated rings. The topological polar surface area (TPSA) is 3.24 Å². The van der Waals surface area contributed by atoms with E-state index in [0.717, 1.165) is 13.1 Å². The predicted octanol–water partition coefficient (Wildman–Crippen LogP) is 4.33. The van der Waals surface area contributed by atoms with Gasteiger partial charge in [-0.15, -0.1) is 0 Å². The van der Waals surface area contributed by atoms with Gasteiger partial charge in [-0.05, 0) is 34.7 Å². The number of rotatable bonds is 2. The van der Waals surface area contributed by atoms with E-state index in [1.54, 1.807) is 0 Å². The van der Waals surface area contributed by atoms with Crippen molar-refractivity contribution in [3.63, 3.8) is 0 Å². The molecule has 0 spiro atoms. The summed E-state index contributed by atoms with van der Waals surface area (Å²) in [6.07, 6.45) is 0. The Kier molecular flexibility index (Phi) is 2.83. The highest BCUT2D eigenvalue weighted by molar-refractivity contribution is 5.52. The standard InChI is InChI=1S/C17H19N/c1-13(2)14-8-9-15-11-18(12-16(15)10-14)17-6-4-3-5-7-17/h3-10,13H,11-12H2,1-2H3. The Bertz CT molecular complexity index is 543. The highest BCUT2D eigenvalue weighted by atomic mass is 15.1. The van der Waals surface area contributed by atoms with Crippen molar-refractivity contribution in [2.45, 2.75) is 32.9 Å². The van der Waals surface area contributed by atoms with Crippen LogP contribution < -0.4 is 4.90 Å². The minimum absolute atomic E-state index is 0.612. The van der Waals surface area contributed by atoms with Crippen LogP contribution in [-0.2, 0) is 13.1 Å². The maximum atomic E-state index is 2.44. The number of fused-ring (bicyclic) bond motifs is 1. The van der Waals surface area contributed by atoms with Gasteiger partial charge in [-0.2, -0.15) is 0 Å². The average molecular weight is 237 g/mol. The maximum absolute atomic E-state index is 2.44. The molecule has 18 heavy (non-hydrogen) atoms. The molecule has 1 aliphatic rings. The summed E-state index contributed by atoms with van der Waals surface area (Å²) in [5.41, 5.74) is 5.73. The van der Waals surface area contributed by atoms with Crippen LogP contribution in [0.15, 0.2) is 48.5 Å². The van der Waals surface area contributed by atoms with E-state index < -0.39 is 0 Å². The zero-order valence-electron chi connectivity index (χ0n) is 11.1. The first kappa shape index (κ1) is 11.3. The summed E-state index contributed by atoms with van der Waals surface area (Å²) in [4.78, 5) is 2.44. The Balaban J connectivity index is 1.87. The largest absolute Gasteiger partial charge is 0.363 e. The summed E-state index contributed by atoms with van der Waals surface area (Å²) in [6, 6.07) is 17.6. The van der Waals surface area contributed by atoms with Crippen molar-refractivity contribution in [2.24, 2.45) is 0 Å². The lowest BCUT2D eigenvalue weighted by atomic mass is 9.99. The smallest absolute Gasteiger partial charge is 0.0436 e. The van der Waals surface area contributed by atoms with Crippen molar-refractivity contribution in [2.75, 3.05) is 4.90 Å². The SMILES string of the molecule is CC(C)c1ccc2c(c1)CN(c1ccccc1)C2. The second-order valence-electron chi connectivity index (χ2n) is 5.37. The first-order chi connectivity index (χ1) is 8.74. The summed E-state index contributed by atoms with van der Waals surface area (Å²) in [6.45, 7) is 6.59. The van der Waals surface area contributed by atoms with Gasteiger partial charge in [0, 0.05) is 18.8 Å². The van der Waals surface area contributed by atoms with Gasteiger partial charge < -0.3 is 4.90 Å². The number of hydrogen-bond donors (Lipinski definition) is 0. The summed E-state index contributed by atoms with van der Waals surface area (Å²) >= 11 is 0. The number of benzene rings is 2. The Hall–Kier alpha value is -1.76. The zero-order chi connectivity index (χ0) is 12.5. The van der Waals surface area contributed by atoms with E-state index in [0.29, 0.717) is 5.92 Å². The van der Waals surface area contributed by atoms with Crippen LogP contribution in [0.3, 0.4) is 0 Å². The van der Waals surface area contributed by atoms with Gasteiger partial charge in [-0.3, -0.25) is 0 Å². The molecule has 0 atom stereocenters. The van der Waals surface area contributed by atoms with Gasteiger partial charge in [0.05, 0.1) is 0 Å². The molecule has 1 heteroatoms. The van der Waals surface area contributed by atoms with Crippen molar-refractivity contribution in [3.05, 3.63) is 65.2 Å². The minimum Gasteiger partial charge on any atom is -0.363 e. The normalized spacial score (nSPS) is 14.1. The molecular weight excluding hydrogens is 218 g/mol. The number of para-hydroxylation sites is 1. The molecule has 1 aliphatic heterocycles. The van der Waals surface area contributed by atoms with Gasteiger partial charge in [0.25, 0.3) is 0 Å². The number of hydrogen-bond acceptors (Lipinski definition) is 1. The Labute approximate surface area is 109 Å². The third kappa shape index (κ3) is 2.01. The Morgan fingerprint density at radius 1 is 0.889 bits per heavy atom. The van der Waals surface area contributed by atoms with Gasteiger partial charge in [0.1, 0.15) is 0 Å². The molecule has 1 heterocycles. The highest BCUT2D eigenvalue weighted by Gasteiger charge is 2.19. The van der Waals surface area contributed by atoms with E-state index in [1.807, 2.05) is 0 Å². The molecule has 0 aliphatic carbocycles. The quantitative estimate of drug-likeness (QED) is 0.751. The summed E-state index contributed by atoms with van der Waals surface area (Å²) in [5, 5.41) is 0. The predicted molar refractivity (Wildman–Crippen MR) is 76.9 cm³/mol. The van der Waals surface area contributed by atoms with Gasteiger partial charge in [0.2, 0.25) is 0 Å². The molecule has 2 aromatic carbocycles. The van der Waals surface area contributed by atoms with Crippen LogP contribution in [0.5, 0.6) is 0 Å². The van der Waals surface area contributed by atoms with E-state index in [9.17, 15) is 0 Å². The fourth-order valence-electron chi connectivity index (χ4n) is 2.59. The van der Waals surface area contributed by atoms with Crippen LogP contribution in [0, 0.1) is 0 Å². The summed E-state index contributed by atoms with van der Waals surface area (Å²) in [5.74, 6) is 0.612. The van der Waals surface area contributed by atoms with Crippen LogP contribution in [0.1, 0.15) is 36.5 Å². The monoisotopic (exact) mass is 237 g/mol. The van der Waals surface area contributed by atoms with Crippen molar-refractivity contribution in [3.8, 4) is 0 Å². The first-order valence-corrected chi connectivity index (χ1v) is 6.66. The molecule has 0 radical (unpaired) electrons. The average Bonchev–Trinajstić information content (AvgIpc) is 2.82. The molecule has 2 aromatic rings. The molecule has 0 aromatic heterocycles. The van der Waals surface area contributed by atoms with Gasteiger partial charge in [-0.1, -0.05) is 50.2 Å². The fraction of sp³-hybridized carbons (Fsp3) is 0.294. The maximum Gasteiger partial charge on any atom is 0.0436 e. The molecular formula is C17H19N. The van der Waals surface area contributed by atoms with E-state index in [2.05, 4.69) is 67.3 Å². The summed E-state index contributed by atoms with van der Waals surface area (Å²) in [7, 11) is 0. The lowest BCUT2D eigenvalue weighted by Crippen LogP contribution is -2.13. The van der Waals surface area contributed by atoms with Crippen molar-refractivity contribution >= 4 is 5.69 Å². The van der Waals surface area contributed by atoms with Crippen molar-refractivity contribution in [1.29, 1.82) is 0 Å². The van der Waals surface area contributed by atoms with E-state index >= 15 is 0 Å². The van der Waals surface area contributed by atoms with Crippen LogP contribution in [-0.4, -0.2) is 0 Å². The lowest BCUT2D eigenvalue weighted by molar-refractivity contribution is 0.860. The molecule has 1 nitrogen and oxygen atoms in total. The van der Waals surface area contributed by atoms with E-state index in [1.165, 1.54) is 22.4 Å². The van der Waals surface area contributed by atoms with Crippen LogP contribution >= 0.6 is 0 Å². The van der Waals surface area contributed by atoms with Crippen LogP contribution in [0.4, 0.5) is 5.69 Å². The molecule has 0 unspecified atom stereocenters. The molecule has 0 N–H and O–H groups in total. The third-order valence-electron chi connectivity index (χ3n) is 3.74. The van der Waals surface area contributed by atoms with Crippen molar-refractivity contribution in [1.82, 2.24) is 0 Å². The fourth-order valence-corrected chi connectivity index (χ4v) is 2.59. The van der Waals surface area contributed by atoms with E-state index in [-0.39, 0.29) is 0 Å². The third-order valence-corrected chi connectivity index (χ3v) is 3.74. The molecule has 92 valence electrons. The number of anilines is 1. The van der Waals surface area contributed by atoms with E-state index in [4.69, 9.17) is 0 Å². The van der Waals surface area contributed by atoms with Crippen LogP contribution in [0.25, 0.3) is 0 Å². The number of nitrogens with zero attached hydrogens (tertiary/aromatic N) is 1. The Morgan fingerprint density at radius 2 is 1.61 bits per heavy atom. The first-order valence-electron chi connectivity index (χ1n) is 6.66. The van der Waals surface area contributed by atoms with Gasteiger partial charge in [0.15, 0.2) is 0 Å². The second kappa shape index (κ2) is 4.49. The van der Waals surface area contributed by atoms with Gasteiger partial charge in [-0.25, -0.2) is 0 Å². The molecule has 0 saturated carbocycles. The molecule has 0 bridgehead atoms. The highest BCUT2D eigenvalue weighted by Crippen LogP contribution is 2.30. The van der Waals surface area contributed by atoms with Crippen molar-refractivity contribution < 1.29 is 0 Å². The Morgan fingerprint density at radius 3 is 2.33 bits per heavy atom. The summed E-state index contributed by atoms with van der Waals surface area (Å²) < 4.78 is 0. The second-order valence-corrected chi connectivity index (χ2v) is 5.37. The minimum atomic E-state index is 0.612. The van der Waals surface area contributed by atoms with Crippen LogP contribution in [0.2, 0.25) is 0 Å². The molecule has 3 rings (SSSR count). The van der Waals surface area contributed by atoms with Gasteiger partial charge >= 0.3 is 0 Å². The molecule has 0 amide bonds.